The van der Waals surface area contributed by atoms with Gasteiger partial charge in [0.05, 0.1) is 6.26 Å². The molecule has 1 aromatic heterocycles. The zero-order valence-corrected chi connectivity index (χ0v) is 16.1. The van der Waals surface area contributed by atoms with E-state index in [4.69, 9.17) is 4.42 Å². The second-order valence-corrected chi connectivity index (χ2v) is 5.30. The Morgan fingerprint density at radius 3 is 2.57 bits per heavy atom. The van der Waals surface area contributed by atoms with Crippen molar-refractivity contribution in [1.29, 1.82) is 0 Å². The Kier molecular flexibility index (Phi) is 9.43. The van der Waals surface area contributed by atoms with Gasteiger partial charge in [0, 0.05) is 13.1 Å². The lowest BCUT2D eigenvalue weighted by Crippen LogP contribution is -2.38. The molecule has 1 heterocycles. The number of hydrogen-bond donors (Lipinski definition) is 2. The first-order valence-corrected chi connectivity index (χ1v) is 7.89. The molecule has 5 heteroatoms. The fourth-order valence-corrected chi connectivity index (χ4v) is 2.26. The highest BCUT2D eigenvalue weighted by Gasteiger charge is 2.05. The fraction of sp³-hybridized carbons (Fsp3) is 0.389. The summed E-state index contributed by atoms with van der Waals surface area (Å²) in [6, 6.07) is 14.4. The molecule has 0 fully saturated rings. The van der Waals surface area contributed by atoms with Crippen molar-refractivity contribution in [3.63, 3.8) is 0 Å². The molecule has 0 saturated heterocycles. The van der Waals surface area contributed by atoms with Crippen LogP contribution < -0.4 is 10.6 Å². The highest BCUT2D eigenvalue weighted by Crippen LogP contribution is 2.17. The third-order valence-corrected chi connectivity index (χ3v) is 3.56. The Bertz CT molecular complexity index is 555. The van der Waals surface area contributed by atoms with Crippen molar-refractivity contribution >= 4 is 29.9 Å². The minimum Gasteiger partial charge on any atom is -0.467 e. The fourth-order valence-electron chi connectivity index (χ4n) is 2.26. The quantitative estimate of drug-likeness (QED) is 0.397. The van der Waals surface area contributed by atoms with Gasteiger partial charge in [-0.2, -0.15) is 0 Å². The molecule has 0 bridgehead atoms. The molecule has 2 aromatic rings. The number of halogens is 1. The molecular weight excluding hydrogens is 401 g/mol. The summed E-state index contributed by atoms with van der Waals surface area (Å²) in [6.07, 6.45) is 2.74. The van der Waals surface area contributed by atoms with E-state index in [0.29, 0.717) is 12.5 Å². The first-order valence-electron chi connectivity index (χ1n) is 7.89. The van der Waals surface area contributed by atoms with E-state index in [9.17, 15) is 0 Å². The van der Waals surface area contributed by atoms with Gasteiger partial charge in [0.2, 0.25) is 0 Å². The molecule has 1 unspecified atom stereocenters. The van der Waals surface area contributed by atoms with E-state index in [2.05, 4.69) is 59.8 Å². The molecule has 0 amide bonds. The zero-order chi connectivity index (χ0) is 15.6. The molecule has 2 rings (SSSR count). The number of hydrogen-bond acceptors (Lipinski definition) is 2. The van der Waals surface area contributed by atoms with Crippen molar-refractivity contribution in [2.45, 2.75) is 32.7 Å². The van der Waals surface area contributed by atoms with Crippen LogP contribution in [0.4, 0.5) is 0 Å². The van der Waals surface area contributed by atoms with Crippen molar-refractivity contribution in [2.75, 3.05) is 13.1 Å². The summed E-state index contributed by atoms with van der Waals surface area (Å²) in [5, 5.41) is 6.64. The molecular formula is C18H26IN3O. The van der Waals surface area contributed by atoms with Crippen molar-refractivity contribution < 1.29 is 4.42 Å². The van der Waals surface area contributed by atoms with Gasteiger partial charge < -0.3 is 15.1 Å². The van der Waals surface area contributed by atoms with E-state index >= 15 is 0 Å². The summed E-state index contributed by atoms with van der Waals surface area (Å²) in [5.74, 6) is 2.23. The van der Waals surface area contributed by atoms with E-state index in [-0.39, 0.29) is 24.0 Å². The smallest absolute Gasteiger partial charge is 0.191 e. The van der Waals surface area contributed by atoms with Crippen LogP contribution in [-0.2, 0) is 6.54 Å². The Balaban J connectivity index is 0.00000264. The van der Waals surface area contributed by atoms with Crippen LogP contribution in [0.3, 0.4) is 0 Å². The van der Waals surface area contributed by atoms with E-state index in [1.165, 1.54) is 5.56 Å². The number of guanidine groups is 1. The average molecular weight is 427 g/mol. The summed E-state index contributed by atoms with van der Waals surface area (Å²) >= 11 is 0. The van der Waals surface area contributed by atoms with Crippen LogP contribution >= 0.6 is 24.0 Å². The minimum absolute atomic E-state index is 0. The monoisotopic (exact) mass is 427 g/mol. The standard InChI is InChI=1S/C18H25N3O.HI/c1-3-19-18(21-14-17-10-7-13-22-17)20-12-11-15(2)16-8-5-4-6-9-16;/h4-10,13,15H,3,11-12,14H2,1-2H3,(H2,19,20,21);1H. The van der Waals surface area contributed by atoms with Gasteiger partial charge in [0.25, 0.3) is 0 Å². The molecule has 2 N–H and O–H groups in total. The molecule has 0 spiro atoms. The van der Waals surface area contributed by atoms with Gasteiger partial charge in [0.15, 0.2) is 5.96 Å². The van der Waals surface area contributed by atoms with Gasteiger partial charge in [-0.05, 0) is 37.0 Å². The maximum Gasteiger partial charge on any atom is 0.191 e. The average Bonchev–Trinajstić information content (AvgIpc) is 3.06. The van der Waals surface area contributed by atoms with Gasteiger partial charge in [-0.1, -0.05) is 37.3 Å². The zero-order valence-electron chi connectivity index (χ0n) is 13.8. The predicted octanol–water partition coefficient (Wildman–Crippen LogP) is 4.15. The molecule has 0 aliphatic carbocycles. The van der Waals surface area contributed by atoms with Crippen molar-refractivity contribution in [2.24, 2.45) is 4.99 Å². The second kappa shape index (κ2) is 11.1. The van der Waals surface area contributed by atoms with Gasteiger partial charge in [0.1, 0.15) is 12.3 Å². The summed E-state index contributed by atoms with van der Waals surface area (Å²) in [5.41, 5.74) is 1.38. The second-order valence-electron chi connectivity index (χ2n) is 5.30. The Labute approximate surface area is 155 Å². The number of nitrogens with one attached hydrogen (secondary N) is 2. The van der Waals surface area contributed by atoms with Gasteiger partial charge in [-0.15, -0.1) is 24.0 Å². The lowest BCUT2D eigenvalue weighted by molar-refractivity contribution is 0.511. The number of benzene rings is 1. The largest absolute Gasteiger partial charge is 0.467 e. The molecule has 23 heavy (non-hydrogen) atoms. The number of nitrogens with zero attached hydrogens (tertiary/aromatic N) is 1. The van der Waals surface area contributed by atoms with Crippen LogP contribution in [0.1, 0.15) is 37.5 Å². The molecule has 126 valence electrons. The molecule has 0 radical (unpaired) electrons. The highest BCUT2D eigenvalue weighted by molar-refractivity contribution is 14.0. The summed E-state index contributed by atoms with van der Waals surface area (Å²) in [6.45, 7) is 6.61. The van der Waals surface area contributed by atoms with Gasteiger partial charge >= 0.3 is 0 Å². The summed E-state index contributed by atoms with van der Waals surface area (Å²) < 4.78 is 5.30. The topological polar surface area (TPSA) is 49.6 Å². The highest BCUT2D eigenvalue weighted by atomic mass is 127. The lowest BCUT2D eigenvalue weighted by atomic mass is 9.98. The normalized spacial score (nSPS) is 12.3. The number of furan rings is 1. The first-order chi connectivity index (χ1) is 10.8. The maximum absolute atomic E-state index is 5.30. The van der Waals surface area contributed by atoms with Crippen LogP contribution in [0.25, 0.3) is 0 Å². The third kappa shape index (κ3) is 7.07. The van der Waals surface area contributed by atoms with Gasteiger partial charge in [-0.25, -0.2) is 4.99 Å². The first kappa shape index (κ1) is 19.5. The van der Waals surface area contributed by atoms with Crippen molar-refractivity contribution in [3.05, 3.63) is 60.1 Å². The van der Waals surface area contributed by atoms with E-state index < -0.39 is 0 Å². The number of rotatable bonds is 7. The van der Waals surface area contributed by atoms with Crippen LogP contribution in [0.5, 0.6) is 0 Å². The Morgan fingerprint density at radius 2 is 1.91 bits per heavy atom. The van der Waals surface area contributed by atoms with Crippen molar-refractivity contribution in [1.82, 2.24) is 10.6 Å². The third-order valence-electron chi connectivity index (χ3n) is 3.56. The molecule has 0 aliphatic heterocycles. The number of aliphatic imine (C=N–C) groups is 1. The SMILES string of the molecule is CCNC(=NCc1ccco1)NCCC(C)c1ccccc1.I. The van der Waals surface area contributed by atoms with E-state index in [1.807, 2.05) is 12.1 Å². The van der Waals surface area contributed by atoms with Gasteiger partial charge in [-0.3, -0.25) is 0 Å². The van der Waals surface area contributed by atoms with E-state index in [1.54, 1.807) is 6.26 Å². The van der Waals surface area contributed by atoms with Crippen LogP contribution in [0.2, 0.25) is 0 Å². The lowest BCUT2D eigenvalue weighted by Gasteiger charge is -2.15. The molecule has 1 aromatic carbocycles. The Hall–Kier alpha value is -1.50. The van der Waals surface area contributed by atoms with Crippen LogP contribution in [0, 0.1) is 0 Å². The summed E-state index contributed by atoms with van der Waals surface area (Å²) in [4.78, 5) is 4.53. The molecule has 4 nitrogen and oxygen atoms in total. The van der Waals surface area contributed by atoms with Crippen LogP contribution in [-0.4, -0.2) is 19.0 Å². The predicted molar refractivity (Wildman–Crippen MR) is 106 cm³/mol. The van der Waals surface area contributed by atoms with E-state index in [0.717, 1.165) is 31.2 Å². The Morgan fingerprint density at radius 1 is 1.13 bits per heavy atom. The molecule has 0 aliphatic rings. The van der Waals surface area contributed by atoms with Crippen molar-refractivity contribution in [3.8, 4) is 0 Å². The van der Waals surface area contributed by atoms with Crippen LogP contribution in [0.15, 0.2) is 58.1 Å². The molecule has 0 saturated carbocycles. The molecule has 1 atom stereocenters. The minimum atomic E-state index is 0. The summed E-state index contributed by atoms with van der Waals surface area (Å²) in [7, 11) is 0. The maximum atomic E-state index is 5.30.